The average Bonchev–Trinajstić information content (AvgIpc) is 3.37. The Balaban J connectivity index is 1.28. The highest BCUT2D eigenvalue weighted by Crippen LogP contribution is 2.25. The molecule has 1 fully saturated rings. The van der Waals surface area contributed by atoms with E-state index in [4.69, 9.17) is 0 Å². The number of amides is 1. The fraction of sp³-hybridized carbons (Fsp3) is 0.333. The van der Waals surface area contributed by atoms with Gasteiger partial charge in [0, 0.05) is 44.6 Å². The van der Waals surface area contributed by atoms with Crippen LogP contribution >= 0.6 is 23.1 Å². The van der Waals surface area contributed by atoms with Crippen LogP contribution in [-0.4, -0.2) is 57.2 Å². The molecule has 0 bridgehead atoms. The van der Waals surface area contributed by atoms with Gasteiger partial charge in [-0.1, -0.05) is 48.2 Å². The number of aromatic nitrogens is 2. The largest absolute Gasteiger partial charge is 0.339 e. The van der Waals surface area contributed by atoms with Crippen LogP contribution in [-0.2, 0) is 18.4 Å². The summed E-state index contributed by atoms with van der Waals surface area (Å²) >= 11 is 3.31. The standard InChI is InChI=1S/C21H24N4OS2/c1-23-19(17-6-3-2-4-7-17)14-22-21(23)28-16-20(26)25-11-9-24(10-12-25)15-18-8-5-13-27-18/h2-8,13-14H,9-12,15-16H2,1H3. The molecule has 7 heteroatoms. The van der Waals surface area contributed by atoms with Crippen molar-refractivity contribution in [2.45, 2.75) is 11.7 Å². The first-order valence-corrected chi connectivity index (χ1v) is 11.3. The first kappa shape index (κ1) is 19.2. The summed E-state index contributed by atoms with van der Waals surface area (Å²) in [6.07, 6.45) is 1.88. The van der Waals surface area contributed by atoms with Crippen molar-refractivity contribution in [3.8, 4) is 11.3 Å². The molecule has 1 aromatic carbocycles. The van der Waals surface area contributed by atoms with Crippen molar-refractivity contribution in [3.05, 3.63) is 58.9 Å². The van der Waals surface area contributed by atoms with Gasteiger partial charge < -0.3 is 9.47 Å². The van der Waals surface area contributed by atoms with Gasteiger partial charge in [-0.15, -0.1) is 11.3 Å². The zero-order valence-electron chi connectivity index (χ0n) is 16.0. The van der Waals surface area contributed by atoms with Gasteiger partial charge in [0.15, 0.2) is 5.16 Å². The molecule has 0 spiro atoms. The summed E-state index contributed by atoms with van der Waals surface area (Å²) in [5, 5.41) is 3.00. The molecule has 1 aliphatic heterocycles. The number of nitrogens with zero attached hydrogens (tertiary/aromatic N) is 4. The molecule has 1 amide bonds. The summed E-state index contributed by atoms with van der Waals surface area (Å²) in [5.41, 5.74) is 2.20. The van der Waals surface area contributed by atoms with Gasteiger partial charge in [0.2, 0.25) is 5.91 Å². The van der Waals surface area contributed by atoms with E-state index >= 15 is 0 Å². The third kappa shape index (κ3) is 4.48. The van der Waals surface area contributed by atoms with E-state index in [-0.39, 0.29) is 5.91 Å². The summed E-state index contributed by atoms with van der Waals surface area (Å²) in [6.45, 7) is 4.48. The van der Waals surface area contributed by atoms with Gasteiger partial charge in [-0.05, 0) is 17.0 Å². The number of carbonyl (C=O) groups is 1. The zero-order chi connectivity index (χ0) is 19.3. The van der Waals surface area contributed by atoms with E-state index in [1.54, 1.807) is 11.3 Å². The zero-order valence-corrected chi connectivity index (χ0v) is 17.6. The van der Waals surface area contributed by atoms with Gasteiger partial charge >= 0.3 is 0 Å². The van der Waals surface area contributed by atoms with Crippen LogP contribution in [0.5, 0.6) is 0 Å². The van der Waals surface area contributed by atoms with Crippen molar-refractivity contribution in [1.82, 2.24) is 19.4 Å². The van der Waals surface area contributed by atoms with Crippen LogP contribution in [0, 0.1) is 0 Å². The van der Waals surface area contributed by atoms with E-state index in [1.165, 1.54) is 16.6 Å². The molecule has 4 rings (SSSR count). The van der Waals surface area contributed by atoms with Crippen molar-refractivity contribution in [2.24, 2.45) is 7.05 Å². The molecular weight excluding hydrogens is 388 g/mol. The van der Waals surface area contributed by atoms with Crippen molar-refractivity contribution in [2.75, 3.05) is 31.9 Å². The van der Waals surface area contributed by atoms with Gasteiger partial charge in [-0.2, -0.15) is 0 Å². The molecule has 2 aromatic heterocycles. The topological polar surface area (TPSA) is 41.4 Å². The first-order chi connectivity index (χ1) is 13.7. The van der Waals surface area contributed by atoms with Gasteiger partial charge in [0.25, 0.3) is 0 Å². The highest BCUT2D eigenvalue weighted by atomic mass is 32.2. The molecule has 0 N–H and O–H groups in total. The Morgan fingerprint density at radius 3 is 2.61 bits per heavy atom. The molecule has 0 radical (unpaired) electrons. The van der Waals surface area contributed by atoms with Gasteiger partial charge in [0.1, 0.15) is 0 Å². The van der Waals surface area contributed by atoms with E-state index < -0.39 is 0 Å². The lowest BCUT2D eigenvalue weighted by Crippen LogP contribution is -2.48. The summed E-state index contributed by atoms with van der Waals surface area (Å²) in [7, 11) is 2.01. The Kier molecular flexibility index (Phi) is 6.14. The fourth-order valence-corrected chi connectivity index (χ4v) is 5.00. The van der Waals surface area contributed by atoms with E-state index in [0.29, 0.717) is 5.75 Å². The summed E-state index contributed by atoms with van der Waals surface area (Å²) in [4.78, 5) is 22.9. The predicted octanol–water partition coefficient (Wildman–Crippen LogP) is 3.59. The molecule has 3 aromatic rings. The van der Waals surface area contributed by atoms with Crippen LogP contribution in [0.2, 0.25) is 0 Å². The second kappa shape index (κ2) is 8.94. The predicted molar refractivity (Wildman–Crippen MR) is 116 cm³/mol. The normalized spacial score (nSPS) is 15.1. The number of hydrogen-bond acceptors (Lipinski definition) is 5. The molecule has 1 aliphatic rings. The first-order valence-electron chi connectivity index (χ1n) is 9.43. The molecule has 1 saturated heterocycles. The number of piperazine rings is 1. The second-order valence-corrected chi connectivity index (χ2v) is 8.85. The molecule has 3 heterocycles. The molecule has 0 atom stereocenters. The number of hydrogen-bond donors (Lipinski definition) is 0. The number of thiophene rings is 1. The van der Waals surface area contributed by atoms with Crippen LogP contribution in [0.4, 0.5) is 0 Å². The number of benzene rings is 1. The minimum absolute atomic E-state index is 0.199. The van der Waals surface area contributed by atoms with Crippen molar-refractivity contribution >= 4 is 29.0 Å². The van der Waals surface area contributed by atoms with E-state index in [9.17, 15) is 4.79 Å². The lowest BCUT2D eigenvalue weighted by Gasteiger charge is -2.34. The minimum Gasteiger partial charge on any atom is -0.339 e. The molecule has 0 saturated carbocycles. The van der Waals surface area contributed by atoms with Gasteiger partial charge in [-0.25, -0.2) is 4.98 Å². The van der Waals surface area contributed by atoms with Crippen LogP contribution in [0.1, 0.15) is 4.88 Å². The molecule has 0 aliphatic carbocycles. The maximum Gasteiger partial charge on any atom is 0.233 e. The van der Waals surface area contributed by atoms with Gasteiger partial charge in [-0.3, -0.25) is 9.69 Å². The smallest absolute Gasteiger partial charge is 0.233 e. The van der Waals surface area contributed by atoms with Crippen molar-refractivity contribution in [1.29, 1.82) is 0 Å². The van der Waals surface area contributed by atoms with Crippen LogP contribution < -0.4 is 0 Å². The molecule has 28 heavy (non-hydrogen) atoms. The van der Waals surface area contributed by atoms with E-state index in [2.05, 4.69) is 44.1 Å². The number of carbonyl (C=O) groups excluding carboxylic acids is 1. The lowest BCUT2D eigenvalue weighted by atomic mass is 10.2. The molecular formula is C21H24N4OS2. The van der Waals surface area contributed by atoms with Crippen LogP contribution in [0.15, 0.2) is 59.2 Å². The maximum atomic E-state index is 12.6. The van der Waals surface area contributed by atoms with E-state index in [0.717, 1.165) is 49.1 Å². The maximum absolute atomic E-state index is 12.6. The highest BCUT2D eigenvalue weighted by Gasteiger charge is 2.22. The fourth-order valence-electron chi connectivity index (χ4n) is 3.40. The third-order valence-corrected chi connectivity index (χ3v) is 6.91. The van der Waals surface area contributed by atoms with Crippen molar-refractivity contribution in [3.63, 3.8) is 0 Å². The Morgan fingerprint density at radius 1 is 1.11 bits per heavy atom. The summed E-state index contributed by atoms with van der Waals surface area (Å²) < 4.78 is 2.06. The van der Waals surface area contributed by atoms with Crippen LogP contribution in [0.3, 0.4) is 0 Å². The molecule has 146 valence electrons. The summed E-state index contributed by atoms with van der Waals surface area (Å²) in [6, 6.07) is 14.5. The summed E-state index contributed by atoms with van der Waals surface area (Å²) in [5.74, 6) is 0.634. The third-order valence-electron chi connectivity index (χ3n) is 5.02. The molecule has 5 nitrogen and oxygen atoms in total. The Hall–Kier alpha value is -2.09. The number of thioether (sulfide) groups is 1. The monoisotopic (exact) mass is 412 g/mol. The van der Waals surface area contributed by atoms with Gasteiger partial charge in [0.05, 0.1) is 17.6 Å². The lowest BCUT2D eigenvalue weighted by molar-refractivity contribution is -0.130. The van der Waals surface area contributed by atoms with Crippen LogP contribution in [0.25, 0.3) is 11.3 Å². The Labute approximate surface area is 174 Å². The number of rotatable bonds is 6. The Bertz CT molecular complexity index is 900. The molecule has 0 unspecified atom stereocenters. The minimum atomic E-state index is 0.199. The SMILES string of the molecule is Cn1c(-c2ccccc2)cnc1SCC(=O)N1CCN(Cc2cccs2)CC1. The van der Waals surface area contributed by atoms with Crippen molar-refractivity contribution < 1.29 is 4.79 Å². The highest BCUT2D eigenvalue weighted by molar-refractivity contribution is 7.99. The Morgan fingerprint density at radius 2 is 1.89 bits per heavy atom. The second-order valence-electron chi connectivity index (χ2n) is 6.88. The van der Waals surface area contributed by atoms with E-state index in [1.807, 2.05) is 36.3 Å². The average molecular weight is 413 g/mol. The number of imidazole rings is 1. The quantitative estimate of drug-likeness (QED) is 0.580.